The van der Waals surface area contributed by atoms with E-state index in [1.807, 2.05) is 19.1 Å². The van der Waals surface area contributed by atoms with Crippen molar-refractivity contribution in [1.29, 1.82) is 0 Å². The van der Waals surface area contributed by atoms with E-state index in [4.69, 9.17) is 5.11 Å². The predicted molar refractivity (Wildman–Crippen MR) is 109 cm³/mol. The van der Waals surface area contributed by atoms with E-state index < -0.39 is 17.7 Å². The fraction of sp³-hybridized carbons (Fsp3) is 0.190. The van der Waals surface area contributed by atoms with E-state index in [1.54, 1.807) is 13.0 Å². The highest BCUT2D eigenvalue weighted by atomic mass is 32.2. The zero-order chi connectivity index (χ0) is 22.1. The third kappa shape index (κ3) is 4.73. The molecule has 0 amide bonds. The largest absolute Gasteiger partial charge is 0.478 e. The Hall–Kier alpha value is -3.07. The molecule has 0 aliphatic carbocycles. The highest BCUT2D eigenvalue weighted by molar-refractivity contribution is 7.98. The molecule has 9 heteroatoms. The van der Waals surface area contributed by atoms with E-state index >= 15 is 0 Å². The van der Waals surface area contributed by atoms with Crippen LogP contribution in [0.25, 0.3) is 11.3 Å². The first-order chi connectivity index (χ1) is 14.1. The Morgan fingerprint density at radius 1 is 1.13 bits per heavy atom. The number of aromatic nitrogens is 3. The van der Waals surface area contributed by atoms with Crippen molar-refractivity contribution in [2.24, 2.45) is 0 Å². The molecule has 0 saturated heterocycles. The van der Waals surface area contributed by atoms with Gasteiger partial charge in [0.25, 0.3) is 0 Å². The van der Waals surface area contributed by atoms with Gasteiger partial charge in [-0.2, -0.15) is 28.2 Å². The topological polar surface area (TPSA) is 68.0 Å². The Morgan fingerprint density at radius 2 is 1.80 bits per heavy atom. The molecule has 0 aliphatic heterocycles. The summed E-state index contributed by atoms with van der Waals surface area (Å²) < 4.78 is 38.1. The van der Waals surface area contributed by atoms with E-state index in [2.05, 4.69) is 16.8 Å². The van der Waals surface area contributed by atoms with Gasteiger partial charge >= 0.3 is 12.1 Å². The second kappa shape index (κ2) is 8.35. The van der Waals surface area contributed by atoms with Gasteiger partial charge in [-0.1, -0.05) is 12.6 Å². The molecule has 0 radical (unpaired) electrons. The number of hydrogen-bond acceptors (Lipinski definition) is 4. The molecule has 0 saturated carbocycles. The highest BCUT2D eigenvalue weighted by Crippen LogP contribution is 2.30. The summed E-state index contributed by atoms with van der Waals surface area (Å²) in [7, 11) is 0. The molecule has 1 aromatic heterocycles. The Morgan fingerprint density at radius 3 is 2.37 bits per heavy atom. The number of alkyl halides is 3. The monoisotopic (exact) mass is 433 g/mol. The van der Waals surface area contributed by atoms with Gasteiger partial charge in [-0.05, 0) is 61.4 Å². The third-order valence-corrected chi connectivity index (χ3v) is 5.47. The second-order valence-electron chi connectivity index (χ2n) is 6.62. The van der Waals surface area contributed by atoms with Crippen LogP contribution >= 0.6 is 11.8 Å². The number of nitrogens with zero attached hydrogens (tertiary/aromatic N) is 3. The van der Waals surface area contributed by atoms with Crippen LogP contribution in [-0.4, -0.2) is 26.1 Å². The second-order valence-corrected chi connectivity index (χ2v) is 7.66. The maximum Gasteiger partial charge on any atom is 0.416 e. The number of rotatable bonds is 6. The van der Waals surface area contributed by atoms with Crippen LogP contribution in [0.15, 0.2) is 53.9 Å². The summed E-state index contributed by atoms with van der Waals surface area (Å²) in [4.78, 5) is 13.3. The van der Waals surface area contributed by atoms with Gasteiger partial charge < -0.3 is 5.11 Å². The fourth-order valence-corrected chi connectivity index (χ4v) is 3.77. The summed E-state index contributed by atoms with van der Waals surface area (Å²) in [6.45, 7) is 7.19. The molecular formula is C21H18F3N3O2S. The van der Waals surface area contributed by atoms with E-state index in [1.165, 1.54) is 28.7 Å². The average Bonchev–Trinajstić information content (AvgIpc) is 3.06. The molecule has 3 rings (SSSR count). The Balaban J connectivity index is 1.73. The first-order valence-corrected chi connectivity index (χ1v) is 9.81. The van der Waals surface area contributed by atoms with Crippen LogP contribution < -0.4 is 0 Å². The molecule has 1 N–H and O–H groups in total. The van der Waals surface area contributed by atoms with Crippen molar-refractivity contribution in [3.8, 4) is 5.69 Å². The van der Waals surface area contributed by atoms with E-state index in [0.717, 1.165) is 22.6 Å². The molecule has 156 valence electrons. The molecular weight excluding hydrogens is 415 g/mol. The molecule has 0 aliphatic rings. The summed E-state index contributed by atoms with van der Waals surface area (Å²) in [6.07, 6.45) is -4.39. The lowest BCUT2D eigenvalue weighted by Gasteiger charge is -2.08. The van der Waals surface area contributed by atoms with Crippen LogP contribution in [0.4, 0.5) is 13.2 Å². The number of thioether (sulfide) groups is 1. The van der Waals surface area contributed by atoms with Crippen molar-refractivity contribution in [2.75, 3.05) is 0 Å². The smallest absolute Gasteiger partial charge is 0.416 e. The molecule has 30 heavy (non-hydrogen) atoms. The van der Waals surface area contributed by atoms with Gasteiger partial charge in [0, 0.05) is 10.6 Å². The van der Waals surface area contributed by atoms with Gasteiger partial charge in [0.15, 0.2) is 0 Å². The lowest BCUT2D eigenvalue weighted by molar-refractivity contribution is -0.137. The summed E-state index contributed by atoms with van der Waals surface area (Å²) in [5, 5.41) is 17.8. The molecule has 0 bridgehead atoms. The van der Waals surface area contributed by atoms with Crippen LogP contribution in [0, 0.1) is 13.8 Å². The summed E-state index contributed by atoms with van der Waals surface area (Å²) >= 11 is 1.50. The quantitative estimate of drug-likeness (QED) is 0.422. The van der Waals surface area contributed by atoms with Crippen LogP contribution in [0.3, 0.4) is 0 Å². The molecule has 2 aromatic carbocycles. The van der Waals surface area contributed by atoms with Gasteiger partial charge in [-0.15, -0.1) is 11.8 Å². The normalized spacial score (nSPS) is 11.5. The minimum absolute atomic E-state index is 0.0411. The molecule has 0 atom stereocenters. The molecule has 0 spiro atoms. The number of benzene rings is 2. The minimum atomic E-state index is -4.39. The van der Waals surface area contributed by atoms with E-state index in [9.17, 15) is 18.0 Å². The number of halogens is 3. The number of carboxylic acids is 1. The van der Waals surface area contributed by atoms with Crippen molar-refractivity contribution < 1.29 is 23.1 Å². The predicted octanol–water partition coefficient (Wildman–Crippen LogP) is 5.29. The summed E-state index contributed by atoms with van der Waals surface area (Å²) in [5.74, 6) is -0.556. The SMILES string of the molecule is C=C(C(=O)O)c1ccc(SCc2nn(-c3ccc(C(F)(F)F)cc3)nc2C)cc1C. The van der Waals surface area contributed by atoms with Crippen molar-refractivity contribution >= 4 is 23.3 Å². The average molecular weight is 433 g/mol. The number of hydrogen-bond donors (Lipinski definition) is 1. The van der Waals surface area contributed by atoms with Crippen LogP contribution in [0.5, 0.6) is 0 Å². The fourth-order valence-electron chi connectivity index (χ4n) is 2.77. The number of carboxylic acid groups (broad SMARTS) is 1. The van der Waals surface area contributed by atoms with E-state index in [0.29, 0.717) is 28.4 Å². The van der Waals surface area contributed by atoms with Gasteiger partial charge in [-0.3, -0.25) is 0 Å². The molecule has 0 fully saturated rings. The van der Waals surface area contributed by atoms with Crippen LogP contribution in [-0.2, 0) is 16.7 Å². The summed E-state index contributed by atoms with van der Waals surface area (Å²) in [5.41, 5.74) is 2.52. The maximum atomic E-state index is 12.7. The minimum Gasteiger partial charge on any atom is -0.478 e. The first kappa shape index (κ1) is 21.6. The van der Waals surface area contributed by atoms with Crippen molar-refractivity contribution in [3.63, 3.8) is 0 Å². The molecule has 1 heterocycles. The van der Waals surface area contributed by atoms with Crippen LogP contribution in [0.2, 0.25) is 0 Å². The van der Waals surface area contributed by atoms with E-state index in [-0.39, 0.29) is 5.57 Å². The Labute approximate surface area is 175 Å². The Kier molecular flexibility index (Phi) is 6.02. The highest BCUT2D eigenvalue weighted by Gasteiger charge is 2.30. The van der Waals surface area contributed by atoms with Crippen molar-refractivity contribution in [1.82, 2.24) is 15.0 Å². The number of aliphatic carboxylic acids is 1. The standard InChI is InChI=1S/C21H18F3N3O2S/c1-12-10-17(8-9-18(12)13(2)20(28)29)30-11-19-14(3)25-27(26-19)16-6-4-15(5-7-16)21(22,23)24/h4-10H,2,11H2,1,3H3,(H,28,29). The summed E-state index contributed by atoms with van der Waals surface area (Å²) in [6, 6.07) is 10.1. The lowest BCUT2D eigenvalue weighted by atomic mass is 10.0. The third-order valence-electron chi connectivity index (χ3n) is 4.46. The number of carbonyl (C=O) groups is 1. The number of aryl methyl sites for hydroxylation is 2. The lowest BCUT2D eigenvalue weighted by Crippen LogP contribution is -2.06. The zero-order valence-electron chi connectivity index (χ0n) is 16.2. The van der Waals surface area contributed by atoms with Gasteiger partial charge in [0.05, 0.1) is 28.2 Å². The maximum absolute atomic E-state index is 12.7. The van der Waals surface area contributed by atoms with Gasteiger partial charge in [-0.25, -0.2) is 4.79 Å². The van der Waals surface area contributed by atoms with Crippen molar-refractivity contribution in [2.45, 2.75) is 30.7 Å². The van der Waals surface area contributed by atoms with Crippen LogP contribution in [0.1, 0.15) is 28.1 Å². The Bertz CT molecular complexity index is 1110. The first-order valence-electron chi connectivity index (χ1n) is 8.82. The van der Waals surface area contributed by atoms with Gasteiger partial charge in [0.2, 0.25) is 0 Å². The molecule has 3 aromatic rings. The van der Waals surface area contributed by atoms with Crippen molar-refractivity contribution in [3.05, 3.63) is 77.1 Å². The zero-order valence-corrected chi connectivity index (χ0v) is 17.0. The molecule has 0 unspecified atom stereocenters. The van der Waals surface area contributed by atoms with Gasteiger partial charge in [0.1, 0.15) is 0 Å². The molecule has 5 nitrogen and oxygen atoms in total.